The minimum Gasteiger partial charge on any atom is -0.449 e. The van der Waals surface area contributed by atoms with Crippen molar-refractivity contribution in [1.82, 2.24) is 14.7 Å². The number of pyridine rings is 1. The first-order valence-corrected chi connectivity index (χ1v) is 9.08. The Labute approximate surface area is 154 Å². The van der Waals surface area contributed by atoms with Gasteiger partial charge in [0, 0.05) is 19.8 Å². The SMILES string of the molecule is CCOC(=O)N(C)c1c(CC)nc2ccc(C(=O)NCCC(C)C)cn12. The summed E-state index contributed by atoms with van der Waals surface area (Å²) in [5.41, 5.74) is 1.99. The number of ether oxygens (including phenoxy) is 1. The van der Waals surface area contributed by atoms with Gasteiger partial charge >= 0.3 is 6.09 Å². The molecule has 0 radical (unpaired) electrons. The lowest BCUT2D eigenvalue weighted by molar-refractivity contribution is 0.0951. The van der Waals surface area contributed by atoms with Crippen molar-refractivity contribution in [3.63, 3.8) is 0 Å². The van der Waals surface area contributed by atoms with Gasteiger partial charge in [-0.2, -0.15) is 0 Å². The molecule has 2 rings (SSSR count). The number of aromatic nitrogens is 2. The molecule has 0 aliphatic heterocycles. The maximum absolute atomic E-state index is 12.4. The second-order valence-electron chi connectivity index (χ2n) is 6.58. The van der Waals surface area contributed by atoms with Crippen LogP contribution >= 0.6 is 0 Å². The second-order valence-corrected chi connectivity index (χ2v) is 6.58. The molecular formula is C19H28N4O3. The molecule has 0 unspecified atom stereocenters. The Hall–Kier alpha value is -2.57. The van der Waals surface area contributed by atoms with Crippen molar-refractivity contribution >= 4 is 23.5 Å². The molecule has 0 saturated carbocycles. The first-order chi connectivity index (χ1) is 12.4. The lowest BCUT2D eigenvalue weighted by Crippen LogP contribution is -2.29. The van der Waals surface area contributed by atoms with Gasteiger partial charge in [0.05, 0.1) is 17.9 Å². The number of nitrogens with one attached hydrogen (secondary N) is 1. The lowest BCUT2D eigenvalue weighted by Gasteiger charge is -2.17. The maximum Gasteiger partial charge on any atom is 0.415 e. The molecule has 142 valence electrons. The van der Waals surface area contributed by atoms with Crippen LogP contribution in [0.2, 0.25) is 0 Å². The summed E-state index contributed by atoms with van der Waals surface area (Å²) >= 11 is 0. The molecule has 0 spiro atoms. The van der Waals surface area contributed by atoms with Crippen molar-refractivity contribution in [3.8, 4) is 0 Å². The first kappa shape index (κ1) is 19.8. The van der Waals surface area contributed by atoms with E-state index in [0.29, 0.717) is 42.5 Å². The van der Waals surface area contributed by atoms with Crippen LogP contribution in [0.25, 0.3) is 5.65 Å². The van der Waals surface area contributed by atoms with Crippen LogP contribution in [0, 0.1) is 5.92 Å². The van der Waals surface area contributed by atoms with Gasteiger partial charge in [0.25, 0.3) is 5.91 Å². The summed E-state index contributed by atoms with van der Waals surface area (Å²) in [4.78, 5) is 30.6. The third-order valence-electron chi connectivity index (χ3n) is 4.13. The normalized spacial score (nSPS) is 11.0. The Kier molecular flexibility index (Phi) is 6.60. The van der Waals surface area contributed by atoms with E-state index >= 15 is 0 Å². The molecule has 0 saturated heterocycles. The molecule has 2 heterocycles. The minimum atomic E-state index is -0.448. The lowest BCUT2D eigenvalue weighted by atomic mass is 10.1. The number of hydrogen-bond acceptors (Lipinski definition) is 4. The predicted octanol–water partition coefficient (Wildman–Crippen LogP) is 3.27. The third-order valence-corrected chi connectivity index (χ3v) is 4.13. The molecule has 0 aliphatic carbocycles. The average Bonchev–Trinajstić information content (AvgIpc) is 2.98. The van der Waals surface area contributed by atoms with Crippen LogP contribution in [-0.4, -0.2) is 41.6 Å². The summed E-state index contributed by atoms with van der Waals surface area (Å²) in [6, 6.07) is 3.54. The Balaban J connectivity index is 2.35. The molecule has 0 aromatic carbocycles. The Bertz CT molecular complexity index is 782. The monoisotopic (exact) mass is 360 g/mol. The van der Waals surface area contributed by atoms with E-state index in [-0.39, 0.29) is 5.91 Å². The van der Waals surface area contributed by atoms with Gasteiger partial charge < -0.3 is 10.1 Å². The zero-order valence-corrected chi connectivity index (χ0v) is 16.2. The molecule has 0 fully saturated rings. The third kappa shape index (κ3) is 4.33. The summed E-state index contributed by atoms with van der Waals surface area (Å²) in [5.74, 6) is 1.02. The number of carbonyl (C=O) groups excluding carboxylic acids is 2. The smallest absolute Gasteiger partial charge is 0.415 e. The van der Waals surface area contributed by atoms with Crippen LogP contribution in [0.3, 0.4) is 0 Å². The maximum atomic E-state index is 12.4. The number of amides is 2. The molecule has 26 heavy (non-hydrogen) atoms. The highest BCUT2D eigenvalue weighted by atomic mass is 16.6. The molecular weight excluding hydrogens is 332 g/mol. The summed E-state index contributed by atoms with van der Waals surface area (Å²) in [6.45, 7) is 8.91. The van der Waals surface area contributed by atoms with Crippen LogP contribution in [0.15, 0.2) is 18.3 Å². The molecule has 0 atom stereocenters. The molecule has 2 aromatic heterocycles. The number of imidazole rings is 1. The molecule has 0 aliphatic rings. The number of aryl methyl sites for hydroxylation is 1. The molecule has 7 heteroatoms. The summed E-state index contributed by atoms with van der Waals surface area (Å²) in [7, 11) is 1.65. The van der Waals surface area contributed by atoms with Crippen molar-refractivity contribution in [3.05, 3.63) is 29.6 Å². The van der Waals surface area contributed by atoms with Gasteiger partial charge in [-0.15, -0.1) is 0 Å². The Morgan fingerprint density at radius 2 is 2.04 bits per heavy atom. The largest absolute Gasteiger partial charge is 0.449 e. The number of anilines is 1. The van der Waals surface area contributed by atoms with Crippen molar-refractivity contribution in [1.29, 1.82) is 0 Å². The average molecular weight is 360 g/mol. The van der Waals surface area contributed by atoms with E-state index in [1.807, 2.05) is 6.92 Å². The van der Waals surface area contributed by atoms with Gasteiger partial charge in [0.2, 0.25) is 0 Å². The zero-order valence-electron chi connectivity index (χ0n) is 16.2. The van der Waals surface area contributed by atoms with Crippen LogP contribution < -0.4 is 10.2 Å². The number of fused-ring (bicyclic) bond motifs is 1. The van der Waals surface area contributed by atoms with Gasteiger partial charge in [0.1, 0.15) is 11.5 Å². The fourth-order valence-electron chi connectivity index (χ4n) is 2.69. The highest BCUT2D eigenvalue weighted by molar-refractivity contribution is 5.94. The topological polar surface area (TPSA) is 75.9 Å². The molecule has 0 bridgehead atoms. The van der Waals surface area contributed by atoms with E-state index in [1.165, 1.54) is 4.90 Å². The fourth-order valence-corrected chi connectivity index (χ4v) is 2.69. The number of nitrogens with zero attached hydrogens (tertiary/aromatic N) is 3. The van der Waals surface area contributed by atoms with Crippen LogP contribution in [0.1, 0.15) is 50.2 Å². The Morgan fingerprint density at radius 1 is 1.31 bits per heavy atom. The predicted molar refractivity (Wildman–Crippen MR) is 102 cm³/mol. The summed E-state index contributed by atoms with van der Waals surface area (Å²) < 4.78 is 6.87. The highest BCUT2D eigenvalue weighted by Gasteiger charge is 2.21. The van der Waals surface area contributed by atoms with Crippen LogP contribution in [-0.2, 0) is 11.2 Å². The van der Waals surface area contributed by atoms with E-state index in [1.54, 1.807) is 36.7 Å². The molecule has 2 amide bonds. The van der Waals surface area contributed by atoms with E-state index in [9.17, 15) is 9.59 Å². The fraction of sp³-hybridized carbons (Fsp3) is 0.526. The van der Waals surface area contributed by atoms with Crippen molar-refractivity contribution in [2.75, 3.05) is 25.1 Å². The van der Waals surface area contributed by atoms with E-state index in [2.05, 4.69) is 24.1 Å². The van der Waals surface area contributed by atoms with Gasteiger partial charge in [-0.25, -0.2) is 9.78 Å². The second kappa shape index (κ2) is 8.69. The number of hydrogen-bond donors (Lipinski definition) is 1. The summed E-state index contributed by atoms with van der Waals surface area (Å²) in [5, 5.41) is 2.93. The number of rotatable bonds is 7. The Morgan fingerprint density at radius 3 is 2.65 bits per heavy atom. The van der Waals surface area contributed by atoms with Gasteiger partial charge in [-0.3, -0.25) is 14.1 Å². The van der Waals surface area contributed by atoms with Crippen molar-refractivity contribution in [2.24, 2.45) is 5.92 Å². The van der Waals surface area contributed by atoms with E-state index in [4.69, 9.17) is 4.74 Å². The standard InChI is InChI=1S/C19H28N4O3/c1-6-15-18(22(5)19(25)26-7-2)23-12-14(8-9-16(23)21-15)17(24)20-11-10-13(3)4/h8-9,12-13H,6-7,10-11H2,1-5H3,(H,20,24). The highest BCUT2D eigenvalue weighted by Crippen LogP contribution is 2.23. The van der Waals surface area contributed by atoms with Crippen molar-refractivity contribution in [2.45, 2.75) is 40.5 Å². The van der Waals surface area contributed by atoms with Gasteiger partial charge in [-0.1, -0.05) is 20.8 Å². The first-order valence-electron chi connectivity index (χ1n) is 9.08. The van der Waals surface area contributed by atoms with E-state index < -0.39 is 6.09 Å². The quantitative estimate of drug-likeness (QED) is 0.822. The molecule has 2 aromatic rings. The minimum absolute atomic E-state index is 0.135. The number of carbonyl (C=O) groups is 2. The van der Waals surface area contributed by atoms with Crippen LogP contribution in [0.5, 0.6) is 0 Å². The molecule has 7 nitrogen and oxygen atoms in total. The van der Waals surface area contributed by atoms with Crippen LogP contribution in [0.4, 0.5) is 10.6 Å². The van der Waals surface area contributed by atoms with Gasteiger partial charge in [0.15, 0.2) is 0 Å². The zero-order chi connectivity index (χ0) is 19.3. The van der Waals surface area contributed by atoms with Crippen molar-refractivity contribution < 1.29 is 14.3 Å². The van der Waals surface area contributed by atoms with Gasteiger partial charge in [-0.05, 0) is 37.8 Å². The molecule has 1 N–H and O–H groups in total. The van der Waals surface area contributed by atoms with E-state index in [0.717, 1.165) is 12.1 Å². The summed E-state index contributed by atoms with van der Waals surface area (Å²) in [6.07, 6.45) is 2.86.